The summed E-state index contributed by atoms with van der Waals surface area (Å²) in [6.45, 7) is 5.43. The number of amides is 2. The van der Waals surface area contributed by atoms with Gasteiger partial charge in [0.1, 0.15) is 5.82 Å². The molecule has 2 amide bonds. The van der Waals surface area contributed by atoms with Gasteiger partial charge in [0.15, 0.2) is 5.16 Å². The fourth-order valence-electron chi connectivity index (χ4n) is 2.70. The molecule has 2 aromatic carbocycles. The van der Waals surface area contributed by atoms with Gasteiger partial charge >= 0.3 is 0 Å². The smallest absolute Gasteiger partial charge is 0.267 e. The van der Waals surface area contributed by atoms with Gasteiger partial charge in [-0.3, -0.25) is 20.4 Å². The molecule has 1 heterocycles. The van der Waals surface area contributed by atoms with Gasteiger partial charge in [0.25, 0.3) is 11.8 Å². The third-order valence-electron chi connectivity index (χ3n) is 4.26. The number of nitrogens with zero attached hydrogens (tertiary/aromatic N) is 2. The lowest BCUT2D eigenvalue weighted by Gasteiger charge is -2.09. The predicted octanol–water partition coefficient (Wildman–Crippen LogP) is 3.91. The summed E-state index contributed by atoms with van der Waals surface area (Å²) in [5.41, 5.74) is 8.59. The monoisotopic (exact) mass is 424 g/mol. The summed E-state index contributed by atoms with van der Waals surface area (Å²) in [6.07, 6.45) is 0. The van der Waals surface area contributed by atoms with E-state index in [1.54, 1.807) is 19.1 Å². The molecule has 0 radical (unpaired) electrons. The van der Waals surface area contributed by atoms with Gasteiger partial charge in [0.05, 0.1) is 0 Å². The first kappa shape index (κ1) is 21.4. The Kier molecular flexibility index (Phi) is 6.79. The van der Waals surface area contributed by atoms with E-state index in [-0.39, 0.29) is 5.56 Å². The second-order valence-corrected chi connectivity index (χ2v) is 7.73. The molecule has 0 spiro atoms. The molecule has 0 saturated carbocycles. The Morgan fingerprint density at radius 1 is 0.867 bits per heavy atom. The van der Waals surface area contributed by atoms with Crippen molar-refractivity contribution < 1.29 is 14.0 Å². The second-order valence-electron chi connectivity index (χ2n) is 6.79. The van der Waals surface area contributed by atoms with Crippen LogP contribution in [0.1, 0.15) is 43.2 Å². The molecular weight excluding hydrogens is 403 g/mol. The van der Waals surface area contributed by atoms with Crippen molar-refractivity contribution >= 4 is 23.6 Å². The van der Waals surface area contributed by atoms with Crippen LogP contribution in [0.25, 0.3) is 0 Å². The number of carbonyl (C=O) groups excluding carboxylic acids is 2. The number of hydrazine groups is 1. The average molecular weight is 425 g/mol. The molecule has 0 aliphatic rings. The van der Waals surface area contributed by atoms with Gasteiger partial charge in [0, 0.05) is 28.3 Å². The van der Waals surface area contributed by atoms with Crippen LogP contribution < -0.4 is 10.9 Å². The molecule has 0 fully saturated rings. The maximum absolute atomic E-state index is 13.3. The highest BCUT2D eigenvalue weighted by Gasteiger charge is 2.11. The highest BCUT2D eigenvalue weighted by molar-refractivity contribution is 7.98. The molecule has 0 bridgehead atoms. The van der Waals surface area contributed by atoms with Crippen LogP contribution in [0.4, 0.5) is 4.39 Å². The van der Waals surface area contributed by atoms with Crippen LogP contribution in [0.3, 0.4) is 0 Å². The van der Waals surface area contributed by atoms with E-state index in [1.165, 1.54) is 30.0 Å². The van der Waals surface area contributed by atoms with Crippen molar-refractivity contribution in [2.24, 2.45) is 0 Å². The zero-order chi connectivity index (χ0) is 21.7. The number of rotatable bonds is 5. The lowest BCUT2D eigenvalue weighted by atomic mass is 10.1. The lowest BCUT2D eigenvalue weighted by Crippen LogP contribution is -2.41. The minimum absolute atomic E-state index is 0.259. The molecule has 3 rings (SSSR count). The third kappa shape index (κ3) is 5.64. The van der Waals surface area contributed by atoms with Crippen LogP contribution >= 0.6 is 11.8 Å². The normalized spacial score (nSPS) is 10.5. The Bertz CT molecular complexity index is 1070. The van der Waals surface area contributed by atoms with Gasteiger partial charge in [-0.2, -0.15) is 0 Å². The second kappa shape index (κ2) is 9.49. The first-order valence-electron chi connectivity index (χ1n) is 9.22. The standard InChI is InChI=1S/C22H21FN4O2S/c1-13-10-18(8-9-19(13)23)21(29)27-26-20(28)17-6-4-16(5-7-17)12-30-22-24-14(2)11-15(3)25-22/h4-11H,12H2,1-3H3,(H,26,28)(H,27,29). The summed E-state index contributed by atoms with van der Waals surface area (Å²) < 4.78 is 13.3. The number of halogens is 1. The van der Waals surface area contributed by atoms with E-state index in [4.69, 9.17) is 0 Å². The van der Waals surface area contributed by atoms with Crippen LogP contribution in [0.2, 0.25) is 0 Å². The Morgan fingerprint density at radius 2 is 1.43 bits per heavy atom. The van der Waals surface area contributed by atoms with Crippen molar-refractivity contribution in [3.8, 4) is 0 Å². The minimum atomic E-state index is -0.520. The van der Waals surface area contributed by atoms with Crippen LogP contribution in [0.15, 0.2) is 53.7 Å². The Hall–Kier alpha value is -3.26. The number of hydrogen-bond donors (Lipinski definition) is 2. The average Bonchev–Trinajstić information content (AvgIpc) is 2.72. The topological polar surface area (TPSA) is 84.0 Å². The molecule has 3 aromatic rings. The van der Waals surface area contributed by atoms with Gasteiger partial charge in [0.2, 0.25) is 0 Å². The van der Waals surface area contributed by atoms with Crippen molar-refractivity contribution in [3.05, 3.63) is 88.0 Å². The molecule has 8 heteroatoms. The highest BCUT2D eigenvalue weighted by atomic mass is 32.2. The third-order valence-corrected chi connectivity index (χ3v) is 5.17. The van der Waals surface area contributed by atoms with Crippen LogP contribution in [-0.4, -0.2) is 21.8 Å². The number of aromatic nitrogens is 2. The van der Waals surface area contributed by atoms with E-state index in [1.807, 2.05) is 32.0 Å². The number of nitrogens with one attached hydrogen (secondary N) is 2. The van der Waals surface area contributed by atoms with Gasteiger partial charge in [-0.1, -0.05) is 23.9 Å². The van der Waals surface area contributed by atoms with E-state index >= 15 is 0 Å². The van der Waals surface area contributed by atoms with Gasteiger partial charge < -0.3 is 0 Å². The Morgan fingerprint density at radius 3 is 2.03 bits per heavy atom. The van der Waals surface area contributed by atoms with Crippen LogP contribution in [-0.2, 0) is 5.75 Å². The molecule has 0 aliphatic carbocycles. The summed E-state index contributed by atoms with van der Waals surface area (Å²) in [6, 6.07) is 13.0. The molecule has 1 aromatic heterocycles. The van der Waals surface area contributed by atoms with Crippen LogP contribution in [0, 0.1) is 26.6 Å². The molecular formula is C22H21FN4O2S. The molecule has 0 unspecified atom stereocenters. The maximum atomic E-state index is 13.3. The maximum Gasteiger partial charge on any atom is 0.269 e. The Labute approximate surface area is 178 Å². The van der Waals surface area contributed by atoms with Crippen molar-refractivity contribution in [1.29, 1.82) is 0 Å². The number of hydrogen-bond acceptors (Lipinski definition) is 5. The highest BCUT2D eigenvalue weighted by Crippen LogP contribution is 2.20. The van der Waals surface area contributed by atoms with E-state index in [2.05, 4.69) is 20.8 Å². The molecule has 0 atom stereocenters. The first-order chi connectivity index (χ1) is 14.3. The quantitative estimate of drug-likeness (QED) is 0.369. The van der Waals surface area contributed by atoms with Gasteiger partial charge in [-0.15, -0.1) is 0 Å². The molecule has 0 aliphatic heterocycles. The molecule has 0 saturated heterocycles. The fraction of sp³-hybridized carbons (Fsp3) is 0.182. The zero-order valence-electron chi connectivity index (χ0n) is 16.8. The lowest BCUT2D eigenvalue weighted by molar-refractivity contribution is 0.0846. The van der Waals surface area contributed by atoms with Crippen LogP contribution in [0.5, 0.6) is 0 Å². The largest absolute Gasteiger partial charge is 0.269 e. The SMILES string of the molecule is Cc1cc(C)nc(SCc2ccc(C(=O)NNC(=O)c3ccc(F)c(C)c3)cc2)n1. The van der Waals surface area contributed by atoms with E-state index in [0.29, 0.717) is 22.0 Å². The van der Waals surface area contributed by atoms with E-state index < -0.39 is 17.6 Å². The zero-order valence-corrected chi connectivity index (χ0v) is 17.6. The van der Waals surface area contributed by atoms with Crippen molar-refractivity contribution in [1.82, 2.24) is 20.8 Å². The molecule has 6 nitrogen and oxygen atoms in total. The van der Waals surface area contributed by atoms with Gasteiger partial charge in [-0.25, -0.2) is 14.4 Å². The minimum Gasteiger partial charge on any atom is -0.267 e. The van der Waals surface area contributed by atoms with Crippen molar-refractivity contribution in [2.75, 3.05) is 0 Å². The summed E-state index contributed by atoms with van der Waals surface area (Å²) in [5.74, 6) is -0.685. The van der Waals surface area contributed by atoms with Crippen molar-refractivity contribution in [2.45, 2.75) is 31.7 Å². The predicted molar refractivity (Wildman–Crippen MR) is 114 cm³/mol. The molecule has 30 heavy (non-hydrogen) atoms. The van der Waals surface area contributed by atoms with E-state index in [9.17, 15) is 14.0 Å². The number of aryl methyl sites for hydroxylation is 3. The summed E-state index contributed by atoms with van der Waals surface area (Å²) in [4.78, 5) is 33.2. The number of carbonyl (C=O) groups is 2. The Balaban J connectivity index is 1.54. The molecule has 154 valence electrons. The number of benzene rings is 2. The van der Waals surface area contributed by atoms with Crippen molar-refractivity contribution in [3.63, 3.8) is 0 Å². The summed E-state index contributed by atoms with van der Waals surface area (Å²) >= 11 is 1.52. The summed E-state index contributed by atoms with van der Waals surface area (Å²) in [5, 5.41) is 0.716. The fourth-order valence-corrected chi connectivity index (χ4v) is 3.61. The van der Waals surface area contributed by atoms with Gasteiger partial charge in [-0.05, 0) is 68.3 Å². The molecule has 2 N–H and O–H groups in total. The summed E-state index contributed by atoms with van der Waals surface area (Å²) in [7, 11) is 0. The van der Waals surface area contributed by atoms with E-state index in [0.717, 1.165) is 17.0 Å². The number of thioether (sulfide) groups is 1. The first-order valence-corrected chi connectivity index (χ1v) is 10.2.